The maximum Gasteiger partial charge on any atom is 0.251 e. The van der Waals surface area contributed by atoms with Gasteiger partial charge in [-0.15, -0.1) is 11.3 Å². The lowest BCUT2D eigenvalue weighted by molar-refractivity contribution is -0.164. The van der Waals surface area contributed by atoms with Crippen molar-refractivity contribution in [1.82, 2.24) is 30.7 Å². The first-order valence-electron chi connectivity index (χ1n) is 24.4. The Labute approximate surface area is 426 Å². The van der Waals surface area contributed by atoms with Gasteiger partial charge in [-0.3, -0.25) is 24.1 Å². The van der Waals surface area contributed by atoms with Gasteiger partial charge < -0.3 is 40.2 Å². The van der Waals surface area contributed by atoms with Crippen LogP contribution in [0.15, 0.2) is 72.2 Å². The van der Waals surface area contributed by atoms with Crippen molar-refractivity contribution in [2.45, 2.75) is 124 Å². The number of ether oxygens (including phenoxy) is 3. The number of aromatic nitrogens is 1. The average molecular weight is 1010 g/mol. The van der Waals surface area contributed by atoms with E-state index >= 15 is 0 Å². The van der Waals surface area contributed by atoms with Gasteiger partial charge in [-0.1, -0.05) is 84.3 Å². The monoisotopic (exact) mass is 1010 g/mol. The van der Waals surface area contributed by atoms with Crippen LogP contribution in [0.3, 0.4) is 0 Å². The lowest BCUT2D eigenvalue weighted by Gasteiger charge is -2.63. The number of benzene rings is 3. The molecule has 380 valence electrons. The number of carbonyl (C=O) groups is 4. The van der Waals surface area contributed by atoms with Gasteiger partial charge in [0.1, 0.15) is 42.4 Å². The smallest absolute Gasteiger partial charge is 0.251 e. The number of aliphatic hydroxyl groups is 1. The van der Waals surface area contributed by atoms with E-state index in [0.717, 1.165) is 34.5 Å². The van der Waals surface area contributed by atoms with Crippen LogP contribution in [-0.2, 0) is 19.1 Å². The number of nitrogens with one attached hydrogen (secondary N) is 3. The topological polar surface area (TPSA) is 195 Å². The minimum atomic E-state index is -0.922. The highest BCUT2D eigenvalue weighted by Crippen LogP contribution is 2.55. The summed E-state index contributed by atoms with van der Waals surface area (Å²) in [6, 6.07) is 19.7. The molecule has 7 rings (SSSR count). The van der Waals surface area contributed by atoms with E-state index in [4.69, 9.17) is 25.8 Å². The Hall–Kier alpha value is -5.57. The Morgan fingerprint density at radius 2 is 1.62 bits per heavy atom. The number of halogens is 1. The molecule has 3 fully saturated rings. The third kappa shape index (κ3) is 12.4. The van der Waals surface area contributed by atoms with Crippen molar-refractivity contribution in [1.29, 1.82) is 5.26 Å². The fourth-order valence-electron chi connectivity index (χ4n) is 10.5. The molecule has 2 aliphatic heterocycles. The van der Waals surface area contributed by atoms with Gasteiger partial charge >= 0.3 is 0 Å². The fourth-order valence-corrected chi connectivity index (χ4v) is 11.6. The summed E-state index contributed by atoms with van der Waals surface area (Å²) in [6.07, 6.45) is 0.465. The number of thiazole rings is 1. The summed E-state index contributed by atoms with van der Waals surface area (Å²) < 4.78 is 18.4. The zero-order valence-electron chi connectivity index (χ0n) is 42.2. The van der Waals surface area contributed by atoms with Crippen molar-refractivity contribution in [2.75, 3.05) is 39.4 Å². The van der Waals surface area contributed by atoms with Crippen LogP contribution < -0.4 is 25.4 Å². The van der Waals surface area contributed by atoms with Gasteiger partial charge in [-0.25, -0.2) is 4.98 Å². The molecule has 4 amide bonds. The molecule has 4 atom stereocenters. The lowest BCUT2D eigenvalue weighted by atomic mass is 9.49. The molecule has 4 aromatic rings. The Balaban J connectivity index is 0.816. The highest BCUT2D eigenvalue weighted by molar-refractivity contribution is 7.13. The van der Waals surface area contributed by atoms with Crippen LogP contribution in [0.5, 0.6) is 11.5 Å². The molecular formula is C54H68ClN7O8S. The van der Waals surface area contributed by atoms with Crippen LogP contribution in [0.2, 0.25) is 5.02 Å². The molecule has 1 unspecified atom stereocenters. The molecule has 3 aliphatic rings. The van der Waals surface area contributed by atoms with E-state index < -0.39 is 40.3 Å². The zero-order chi connectivity index (χ0) is 51.4. The maximum absolute atomic E-state index is 14.2. The van der Waals surface area contributed by atoms with E-state index in [-0.39, 0.29) is 61.5 Å². The number of carbonyl (C=O) groups excluding carboxylic acids is 4. The van der Waals surface area contributed by atoms with Crippen molar-refractivity contribution in [3.8, 4) is 28.0 Å². The second-order valence-corrected chi connectivity index (χ2v) is 22.7. The number of nitrogens with zero attached hydrogens (tertiary/aromatic N) is 4. The van der Waals surface area contributed by atoms with Crippen LogP contribution in [0.4, 0.5) is 0 Å². The Morgan fingerprint density at radius 3 is 2.23 bits per heavy atom. The van der Waals surface area contributed by atoms with Gasteiger partial charge in [0.15, 0.2) is 0 Å². The van der Waals surface area contributed by atoms with Gasteiger partial charge in [0.2, 0.25) is 17.7 Å². The van der Waals surface area contributed by atoms with Gasteiger partial charge in [0.05, 0.1) is 58.1 Å². The quantitative estimate of drug-likeness (QED) is 0.0766. The predicted octanol–water partition coefficient (Wildman–Crippen LogP) is 7.49. The number of hydrogen-bond acceptors (Lipinski definition) is 12. The first kappa shape index (κ1) is 53.2. The molecule has 1 aromatic heterocycles. The number of piperidine rings is 1. The summed E-state index contributed by atoms with van der Waals surface area (Å²) in [6.45, 7) is 19.8. The first-order chi connectivity index (χ1) is 33.6. The molecule has 0 bridgehead atoms. The number of rotatable bonds is 17. The van der Waals surface area contributed by atoms with Crippen LogP contribution in [0, 0.1) is 34.5 Å². The van der Waals surface area contributed by atoms with Gasteiger partial charge in [-0.2, -0.15) is 5.26 Å². The Morgan fingerprint density at radius 1 is 0.958 bits per heavy atom. The number of aryl methyl sites for hydroxylation is 1. The van der Waals surface area contributed by atoms with Gasteiger partial charge in [0.25, 0.3) is 5.91 Å². The van der Waals surface area contributed by atoms with Crippen molar-refractivity contribution in [3.05, 3.63) is 99.6 Å². The fraction of sp³-hybridized carbons (Fsp3) is 0.519. The molecule has 2 saturated heterocycles. The summed E-state index contributed by atoms with van der Waals surface area (Å²) in [4.78, 5) is 63.8. The average Bonchev–Trinajstić information content (AvgIpc) is 3.95. The van der Waals surface area contributed by atoms with Gasteiger partial charge in [0, 0.05) is 54.6 Å². The Kier molecular flexibility index (Phi) is 16.5. The van der Waals surface area contributed by atoms with E-state index in [2.05, 4.69) is 54.7 Å². The largest absolute Gasteiger partial charge is 0.491 e. The zero-order valence-corrected chi connectivity index (χ0v) is 43.8. The number of hydrogen-bond donors (Lipinski definition) is 4. The molecule has 1 saturated carbocycles. The highest BCUT2D eigenvalue weighted by atomic mass is 35.5. The predicted molar refractivity (Wildman–Crippen MR) is 273 cm³/mol. The van der Waals surface area contributed by atoms with E-state index in [1.165, 1.54) is 4.90 Å². The van der Waals surface area contributed by atoms with E-state index in [0.29, 0.717) is 54.0 Å². The molecule has 0 spiro atoms. The van der Waals surface area contributed by atoms with Crippen LogP contribution in [0.25, 0.3) is 10.4 Å². The molecule has 17 heteroatoms. The lowest BCUT2D eigenvalue weighted by Crippen LogP contribution is -2.74. The summed E-state index contributed by atoms with van der Waals surface area (Å²) in [5.74, 6) is -0.0495. The van der Waals surface area contributed by atoms with Crippen LogP contribution in [-0.4, -0.2) is 119 Å². The first-order valence-corrected chi connectivity index (χ1v) is 25.6. The normalized spacial score (nSPS) is 21.8. The highest BCUT2D eigenvalue weighted by Gasteiger charge is 2.64. The third-order valence-corrected chi connectivity index (χ3v) is 15.5. The van der Waals surface area contributed by atoms with Crippen molar-refractivity contribution < 1.29 is 38.5 Å². The second kappa shape index (κ2) is 22.0. The molecule has 15 nitrogen and oxygen atoms in total. The Bertz CT molecular complexity index is 2570. The standard InChI is InChI=1S/C54H68ClN7O8S/c1-32(34-10-12-35(13-11-34)45-33(2)57-31-71-45)58-48(66)43-26-38(63)29-62(43)49(67)46(52(3,4)5)59-44(64)30-61-22-20-40(21-23-61)69-25-24-68-39-17-14-36(15-18-39)47(65)60-50-53(6,7)51(54(50,8)9)70-41-19-16-37(28-56)42(55)27-41/h10-19,27,31-32,38,40,43,46,50-51,63H,20-26,29-30H2,1-9H3,(H,58,66)(H,59,64)(H,60,65)/t32-,38+,43-,46?,50?,51?/m0/s1. The molecule has 71 heavy (non-hydrogen) atoms. The van der Waals surface area contributed by atoms with Gasteiger partial charge in [-0.05, 0) is 79.6 Å². The minimum absolute atomic E-state index is 0.000369. The van der Waals surface area contributed by atoms with Crippen molar-refractivity contribution >= 4 is 46.6 Å². The maximum atomic E-state index is 14.2. The molecule has 4 N–H and O–H groups in total. The number of aliphatic hydroxyl groups excluding tert-OH is 1. The van der Waals surface area contributed by atoms with E-state index in [9.17, 15) is 29.5 Å². The molecule has 0 radical (unpaired) electrons. The third-order valence-electron chi connectivity index (χ3n) is 14.2. The van der Waals surface area contributed by atoms with Crippen LogP contribution >= 0.6 is 22.9 Å². The summed E-state index contributed by atoms with van der Waals surface area (Å²) in [5.41, 5.74) is 4.17. The van der Waals surface area contributed by atoms with Crippen molar-refractivity contribution in [3.63, 3.8) is 0 Å². The molecule has 3 heterocycles. The minimum Gasteiger partial charge on any atom is -0.491 e. The van der Waals surface area contributed by atoms with Crippen molar-refractivity contribution in [2.24, 2.45) is 16.2 Å². The van der Waals surface area contributed by atoms with E-state index in [1.54, 1.807) is 53.8 Å². The van der Waals surface area contributed by atoms with Crippen LogP contribution in [0.1, 0.15) is 108 Å². The number of β-amino-alcohol motifs (C(OH)–C–C–N with tert-alkyl or cyclic N) is 1. The SMILES string of the molecule is Cc1ncsc1-c1ccc([C@H](C)NC(=O)[C@@H]2C[C@@H](O)CN2C(=O)C(NC(=O)CN2CCC(OCCOc3ccc(C(=O)NC4C(C)(C)C(Oc5ccc(C#N)c(Cl)c5)C4(C)C)cc3)CC2)C(C)(C)C)cc1. The summed E-state index contributed by atoms with van der Waals surface area (Å²) >= 11 is 7.82. The molecular weight excluding hydrogens is 942 g/mol. The summed E-state index contributed by atoms with van der Waals surface area (Å²) in [7, 11) is 0. The number of nitriles is 1. The summed E-state index contributed by atoms with van der Waals surface area (Å²) in [5, 5.41) is 29.5. The molecule has 3 aromatic carbocycles. The second-order valence-electron chi connectivity index (χ2n) is 21.4. The number of amides is 4. The van der Waals surface area contributed by atoms with E-state index in [1.807, 2.05) is 69.3 Å². The number of likely N-dealkylation sites (tertiary alicyclic amines) is 2. The molecule has 1 aliphatic carbocycles.